The van der Waals surface area contributed by atoms with Gasteiger partial charge in [0, 0.05) is 32.4 Å². The number of hydrogen-bond donors (Lipinski definition) is 2. The lowest BCUT2D eigenvalue weighted by atomic mass is 10.2. The molecule has 12 heteroatoms. The zero-order chi connectivity index (χ0) is 21.4. The fraction of sp³-hybridized carbons (Fsp3) is 0.471. The summed E-state index contributed by atoms with van der Waals surface area (Å²) in [6.07, 6.45) is 2.89. The summed E-state index contributed by atoms with van der Waals surface area (Å²) in [4.78, 5) is 41.2. The predicted molar refractivity (Wildman–Crippen MR) is 113 cm³/mol. The van der Waals surface area contributed by atoms with Crippen molar-refractivity contribution in [3.8, 4) is 0 Å². The Bertz CT molecular complexity index is 851. The van der Waals surface area contributed by atoms with Crippen molar-refractivity contribution < 1.29 is 18.9 Å². The van der Waals surface area contributed by atoms with Crippen LogP contribution in [0.1, 0.15) is 22.7 Å². The van der Waals surface area contributed by atoms with Crippen LogP contribution in [0.4, 0.5) is 11.0 Å². The monoisotopic (exact) mass is 441 g/mol. The van der Waals surface area contributed by atoms with E-state index < -0.39 is 22.8 Å². The van der Waals surface area contributed by atoms with E-state index in [4.69, 9.17) is 4.42 Å². The number of nitrogens with zero attached hydrogens (tertiary/aromatic N) is 3. The first-order valence-electron chi connectivity index (χ1n) is 8.75. The Hall–Kier alpha value is -2.60. The smallest absolute Gasteiger partial charge is 0.395 e. The first-order valence-corrected chi connectivity index (χ1v) is 11.0. The van der Waals surface area contributed by atoms with Gasteiger partial charge in [-0.3, -0.25) is 19.7 Å². The van der Waals surface area contributed by atoms with Crippen LogP contribution in [-0.2, 0) is 11.2 Å². The summed E-state index contributed by atoms with van der Waals surface area (Å²) in [5.41, 5.74) is 0.881. The minimum atomic E-state index is -0.771. The van der Waals surface area contributed by atoms with Crippen LogP contribution in [0, 0.1) is 10.1 Å². The van der Waals surface area contributed by atoms with Crippen LogP contribution in [0.15, 0.2) is 21.9 Å². The highest BCUT2D eigenvalue weighted by molar-refractivity contribution is 7.98. The van der Waals surface area contributed by atoms with Gasteiger partial charge in [0.15, 0.2) is 10.9 Å². The molecule has 2 rings (SSSR count). The van der Waals surface area contributed by atoms with Crippen molar-refractivity contribution >= 4 is 45.9 Å². The minimum Gasteiger partial charge on any atom is -0.395 e. The molecule has 2 aromatic rings. The molecule has 0 saturated heterocycles. The number of rotatable bonds is 11. The second kappa shape index (κ2) is 10.8. The van der Waals surface area contributed by atoms with Gasteiger partial charge in [-0.05, 0) is 24.5 Å². The van der Waals surface area contributed by atoms with Gasteiger partial charge in [0.2, 0.25) is 5.91 Å². The van der Waals surface area contributed by atoms with E-state index in [1.807, 2.05) is 30.6 Å². The molecule has 158 valence electrons. The maximum Gasteiger partial charge on any atom is 0.433 e. The van der Waals surface area contributed by atoms with Gasteiger partial charge >= 0.3 is 5.88 Å². The number of thioether (sulfide) groups is 1. The molecular weight excluding hydrogens is 418 g/mol. The summed E-state index contributed by atoms with van der Waals surface area (Å²) in [6, 6.07) is 1.54. The second-order valence-corrected chi connectivity index (χ2v) is 8.08. The fourth-order valence-corrected chi connectivity index (χ4v) is 3.60. The van der Waals surface area contributed by atoms with Crippen molar-refractivity contribution in [1.82, 2.24) is 15.6 Å². The Morgan fingerprint density at radius 3 is 2.76 bits per heavy atom. The van der Waals surface area contributed by atoms with Gasteiger partial charge in [-0.25, -0.2) is 4.98 Å². The van der Waals surface area contributed by atoms with Crippen LogP contribution in [-0.4, -0.2) is 60.4 Å². The van der Waals surface area contributed by atoms with E-state index in [0.717, 1.165) is 16.9 Å². The van der Waals surface area contributed by atoms with Gasteiger partial charge in [-0.15, -0.1) is 11.3 Å². The highest BCUT2D eigenvalue weighted by Gasteiger charge is 2.24. The number of aromatic nitrogens is 1. The fourth-order valence-electron chi connectivity index (χ4n) is 2.34. The largest absolute Gasteiger partial charge is 0.433 e. The Labute approximate surface area is 176 Å². The summed E-state index contributed by atoms with van der Waals surface area (Å²) in [5, 5.41) is 18.9. The highest BCUT2D eigenvalue weighted by atomic mass is 32.2. The van der Waals surface area contributed by atoms with E-state index >= 15 is 0 Å². The molecular formula is C17H23N5O5S2. The molecule has 1 atom stereocenters. The molecule has 2 heterocycles. The summed E-state index contributed by atoms with van der Waals surface area (Å²) in [6.45, 7) is 0.382. The van der Waals surface area contributed by atoms with E-state index in [0.29, 0.717) is 25.1 Å². The summed E-state index contributed by atoms with van der Waals surface area (Å²) >= 11 is 3.08. The van der Waals surface area contributed by atoms with Crippen LogP contribution in [0.3, 0.4) is 0 Å². The predicted octanol–water partition coefficient (Wildman–Crippen LogP) is 1.92. The lowest BCUT2D eigenvalue weighted by Crippen LogP contribution is -2.47. The van der Waals surface area contributed by atoms with Crippen molar-refractivity contribution in [2.75, 3.05) is 37.5 Å². The van der Waals surface area contributed by atoms with Crippen LogP contribution in [0.5, 0.6) is 0 Å². The number of nitrogens with one attached hydrogen (secondary N) is 2. The van der Waals surface area contributed by atoms with Crippen molar-refractivity contribution in [2.45, 2.75) is 18.9 Å². The summed E-state index contributed by atoms with van der Waals surface area (Å²) in [7, 11) is 3.83. The van der Waals surface area contributed by atoms with Crippen LogP contribution in [0.25, 0.3) is 0 Å². The molecule has 0 unspecified atom stereocenters. The maximum absolute atomic E-state index is 12.5. The van der Waals surface area contributed by atoms with E-state index in [1.54, 1.807) is 11.8 Å². The lowest BCUT2D eigenvalue weighted by molar-refractivity contribution is -0.402. The Morgan fingerprint density at radius 2 is 2.17 bits per heavy atom. The molecule has 2 aromatic heterocycles. The third kappa shape index (κ3) is 6.75. The van der Waals surface area contributed by atoms with Gasteiger partial charge in [0.1, 0.15) is 11.0 Å². The first-order chi connectivity index (χ1) is 13.8. The van der Waals surface area contributed by atoms with Gasteiger partial charge in [-0.2, -0.15) is 11.8 Å². The van der Waals surface area contributed by atoms with Crippen molar-refractivity contribution in [3.05, 3.63) is 39.1 Å². The first kappa shape index (κ1) is 22.7. The number of amides is 2. The van der Waals surface area contributed by atoms with Crippen LogP contribution in [0.2, 0.25) is 0 Å². The number of thiazole rings is 1. The van der Waals surface area contributed by atoms with Crippen molar-refractivity contribution in [2.24, 2.45) is 0 Å². The average molecular weight is 442 g/mol. The molecule has 0 spiro atoms. The summed E-state index contributed by atoms with van der Waals surface area (Å²) in [5.74, 6) is -1.07. The Balaban J connectivity index is 1.91. The minimum absolute atomic E-state index is 0.211. The molecule has 0 aromatic carbocycles. The van der Waals surface area contributed by atoms with Gasteiger partial charge in [0.05, 0.1) is 11.8 Å². The van der Waals surface area contributed by atoms with Crippen LogP contribution < -0.4 is 15.5 Å². The molecule has 0 saturated carbocycles. The normalized spacial score (nSPS) is 11.7. The zero-order valence-electron chi connectivity index (χ0n) is 16.3. The molecule has 0 aliphatic heterocycles. The molecule has 0 fully saturated rings. The quantitative estimate of drug-likeness (QED) is 0.399. The third-order valence-electron chi connectivity index (χ3n) is 3.83. The Morgan fingerprint density at radius 1 is 1.41 bits per heavy atom. The van der Waals surface area contributed by atoms with E-state index in [9.17, 15) is 19.7 Å². The van der Waals surface area contributed by atoms with E-state index in [2.05, 4.69) is 15.6 Å². The van der Waals surface area contributed by atoms with Crippen molar-refractivity contribution in [1.29, 1.82) is 0 Å². The zero-order valence-corrected chi connectivity index (χ0v) is 18.0. The molecule has 0 aliphatic rings. The van der Waals surface area contributed by atoms with Crippen LogP contribution >= 0.6 is 23.1 Å². The molecule has 0 aliphatic carbocycles. The molecule has 10 nitrogen and oxygen atoms in total. The summed E-state index contributed by atoms with van der Waals surface area (Å²) < 4.78 is 4.89. The number of furan rings is 1. The SMILES string of the molecule is CSCC[C@H](NC(=O)c1ccc([N+](=O)[O-])o1)C(=O)NCCc1csc(N(C)C)n1. The second-order valence-electron chi connectivity index (χ2n) is 6.26. The number of nitro groups is 1. The lowest BCUT2D eigenvalue weighted by Gasteiger charge is -2.17. The Kier molecular flexibility index (Phi) is 8.46. The number of carbonyl (C=O) groups is 2. The highest BCUT2D eigenvalue weighted by Crippen LogP contribution is 2.18. The number of carbonyl (C=O) groups excluding carboxylic acids is 2. The van der Waals surface area contributed by atoms with E-state index in [1.165, 1.54) is 17.4 Å². The number of anilines is 1. The molecule has 0 radical (unpaired) electrons. The standard InChI is InChI=1S/C17H23N5O5S2/c1-21(2)17-19-11(10-29-17)6-8-18-15(23)12(7-9-28-3)20-16(24)13-4-5-14(27-13)22(25)26/h4-5,10,12H,6-9H2,1-3H3,(H,18,23)(H,20,24)/t12-/m0/s1. The topological polar surface area (TPSA) is 131 Å². The van der Waals surface area contributed by atoms with Gasteiger partial charge < -0.3 is 20.0 Å². The van der Waals surface area contributed by atoms with Crippen molar-refractivity contribution in [3.63, 3.8) is 0 Å². The van der Waals surface area contributed by atoms with E-state index in [-0.39, 0.29) is 11.7 Å². The molecule has 2 N–H and O–H groups in total. The third-order valence-corrected chi connectivity index (χ3v) is 5.53. The van der Waals surface area contributed by atoms with Gasteiger partial charge in [-0.1, -0.05) is 0 Å². The van der Waals surface area contributed by atoms with Gasteiger partial charge in [0.25, 0.3) is 5.91 Å². The molecule has 2 amide bonds. The maximum atomic E-state index is 12.5. The number of hydrogen-bond acceptors (Lipinski definition) is 9. The molecule has 0 bridgehead atoms. The molecule has 29 heavy (non-hydrogen) atoms. The average Bonchev–Trinajstić information content (AvgIpc) is 3.34.